The Morgan fingerprint density at radius 1 is 0.968 bits per heavy atom. The van der Waals surface area contributed by atoms with Gasteiger partial charge >= 0.3 is 12.1 Å². The van der Waals surface area contributed by atoms with Gasteiger partial charge in [-0.15, -0.1) is 0 Å². The summed E-state index contributed by atoms with van der Waals surface area (Å²) in [6, 6.07) is 20.6. The minimum Gasteiger partial charge on any atom is -0.480 e. The van der Waals surface area contributed by atoms with Crippen molar-refractivity contribution in [1.82, 2.24) is 4.90 Å². The number of carbonyl (C=O) groups is 2. The fraction of sp³-hybridized carbons (Fsp3) is 0.200. The molecule has 0 aromatic heterocycles. The Bertz CT molecular complexity index is 1080. The van der Waals surface area contributed by atoms with Crippen LogP contribution >= 0.6 is 0 Å². The highest BCUT2D eigenvalue weighted by Gasteiger charge is 2.32. The smallest absolute Gasteiger partial charge is 0.410 e. The number of hydrogen-bond donors (Lipinski definition) is 1. The standard InChI is InChI=1S/C25H22FNO4/c1-27(23(24(28)29)14-16-8-2-7-13-22(16)26)25(30)31-15-21-19-11-5-3-9-17(19)18-10-4-6-12-20(18)21/h2-13,21,23H,14-15H2,1H3,(H,28,29)/t23-/m1/s1. The number of carboxylic acid groups (broad SMARTS) is 1. The predicted octanol–water partition coefficient (Wildman–Crippen LogP) is 4.70. The Morgan fingerprint density at radius 2 is 1.52 bits per heavy atom. The summed E-state index contributed by atoms with van der Waals surface area (Å²) in [6.07, 6.45) is -0.909. The van der Waals surface area contributed by atoms with Crippen molar-refractivity contribution >= 4 is 12.1 Å². The summed E-state index contributed by atoms with van der Waals surface area (Å²) in [6.45, 7) is 0.0865. The molecule has 0 fully saturated rings. The van der Waals surface area contributed by atoms with Gasteiger partial charge in [0.25, 0.3) is 0 Å². The molecular weight excluding hydrogens is 397 g/mol. The van der Waals surface area contributed by atoms with Crippen molar-refractivity contribution < 1.29 is 23.8 Å². The van der Waals surface area contributed by atoms with Gasteiger partial charge in [-0.2, -0.15) is 0 Å². The number of fused-ring (bicyclic) bond motifs is 3. The second-order valence-electron chi connectivity index (χ2n) is 7.56. The number of carboxylic acids is 1. The highest BCUT2D eigenvalue weighted by atomic mass is 19.1. The quantitative estimate of drug-likeness (QED) is 0.629. The molecule has 0 spiro atoms. The maximum Gasteiger partial charge on any atom is 0.410 e. The van der Waals surface area contributed by atoms with Crippen molar-refractivity contribution in [2.75, 3.05) is 13.7 Å². The van der Waals surface area contributed by atoms with Crippen LogP contribution in [0, 0.1) is 5.82 Å². The molecule has 0 radical (unpaired) electrons. The average molecular weight is 419 g/mol. The highest BCUT2D eigenvalue weighted by molar-refractivity contribution is 5.81. The number of ether oxygens (including phenoxy) is 1. The molecule has 3 aromatic rings. The van der Waals surface area contributed by atoms with Crippen LogP contribution in [0.2, 0.25) is 0 Å². The van der Waals surface area contributed by atoms with Gasteiger partial charge < -0.3 is 9.84 Å². The molecular formula is C25H22FNO4. The monoisotopic (exact) mass is 419 g/mol. The van der Waals surface area contributed by atoms with Gasteiger partial charge in [-0.25, -0.2) is 14.0 Å². The van der Waals surface area contributed by atoms with Crippen LogP contribution in [0.3, 0.4) is 0 Å². The number of hydrogen-bond acceptors (Lipinski definition) is 3. The predicted molar refractivity (Wildman–Crippen MR) is 114 cm³/mol. The molecule has 158 valence electrons. The van der Waals surface area contributed by atoms with Gasteiger partial charge in [0, 0.05) is 19.4 Å². The maximum absolute atomic E-state index is 14.0. The van der Waals surface area contributed by atoms with E-state index in [0.717, 1.165) is 27.2 Å². The van der Waals surface area contributed by atoms with Gasteiger partial charge in [0.1, 0.15) is 18.5 Å². The lowest BCUT2D eigenvalue weighted by Gasteiger charge is -2.25. The van der Waals surface area contributed by atoms with Crippen molar-refractivity contribution in [3.63, 3.8) is 0 Å². The maximum atomic E-state index is 14.0. The Kier molecular flexibility index (Phi) is 5.71. The fourth-order valence-electron chi connectivity index (χ4n) is 4.09. The van der Waals surface area contributed by atoms with Crippen molar-refractivity contribution in [2.45, 2.75) is 18.4 Å². The second-order valence-corrected chi connectivity index (χ2v) is 7.56. The molecule has 6 heteroatoms. The number of nitrogens with zero attached hydrogens (tertiary/aromatic N) is 1. The Balaban J connectivity index is 1.49. The number of carbonyl (C=O) groups excluding carboxylic acids is 1. The fourth-order valence-corrected chi connectivity index (χ4v) is 4.09. The van der Waals surface area contributed by atoms with Gasteiger partial charge in [0.15, 0.2) is 0 Å². The van der Waals surface area contributed by atoms with E-state index in [1.54, 1.807) is 6.07 Å². The zero-order chi connectivity index (χ0) is 22.0. The molecule has 1 N–H and O–H groups in total. The molecule has 5 nitrogen and oxygen atoms in total. The van der Waals surface area contributed by atoms with Crippen LogP contribution in [0.25, 0.3) is 11.1 Å². The first-order valence-corrected chi connectivity index (χ1v) is 10.0. The third-order valence-electron chi connectivity index (χ3n) is 5.75. The molecule has 1 aliphatic carbocycles. The average Bonchev–Trinajstić information content (AvgIpc) is 3.10. The van der Waals surface area contributed by atoms with Crippen molar-refractivity contribution in [2.24, 2.45) is 0 Å². The normalized spacial score (nSPS) is 13.2. The summed E-state index contributed by atoms with van der Waals surface area (Å²) in [5.41, 5.74) is 4.58. The van der Waals surface area contributed by atoms with E-state index in [2.05, 4.69) is 0 Å². The van der Waals surface area contributed by atoms with Crippen molar-refractivity contribution in [3.8, 4) is 11.1 Å². The Hall–Kier alpha value is -3.67. The first-order chi connectivity index (χ1) is 15.0. The van der Waals surface area contributed by atoms with Crippen molar-refractivity contribution in [3.05, 3.63) is 95.3 Å². The van der Waals surface area contributed by atoms with Crippen molar-refractivity contribution in [1.29, 1.82) is 0 Å². The minimum atomic E-state index is -1.24. The third-order valence-corrected chi connectivity index (χ3v) is 5.75. The molecule has 4 rings (SSSR count). The topological polar surface area (TPSA) is 66.8 Å². The summed E-state index contributed by atoms with van der Waals surface area (Å²) < 4.78 is 19.5. The molecule has 3 aromatic carbocycles. The SMILES string of the molecule is CN(C(=O)OCC1c2ccccc2-c2ccccc21)[C@H](Cc1ccccc1F)C(=O)O. The van der Waals surface area contributed by atoms with Crippen LogP contribution in [0.5, 0.6) is 0 Å². The molecule has 1 atom stereocenters. The van der Waals surface area contributed by atoms with E-state index < -0.39 is 23.9 Å². The molecule has 0 unspecified atom stereocenters. The van der Waals surface area contributed by atoms with Gasteiger partial charge in [-0.05, 0) is 33.9 Å². The molecule has 1 aliphatic rings. The van der Waals surface area contributed by atoms with E-state index in [1.807, 2.05) is 48.5 Å². The minimum absolute atomic E-state index is 0.0865. The number of aliphatic carboxylic acids is 1. The van der Waals surface area contributed by atoms with E-state index in [4.69, 9.17) is 4.74 Å². The van der Waals surface area contributed by atoms with E-state index in [1.165, 1.54) is 25.2 Å². The number of benzene rings is 3. The molecule has 0 aliphatic heterocycles. The van der Waals surface area contributed by atoms with Crippen LogP contribution in [0.15, 0.2) is 72.8 Å². The second kappa shape index (κ2) is 8.60. The highest BCUT2D eigenvalue weighted by Crippen LogP contribution is 2.44. The zero-order valence-corrected chi connectivity index (χ0v) is 17.0. The van der Waals surface area contributed by atoms with Gasteiger partial charge in [0.2, 0.25) is 0 Å². The lowest BCUT2D eigenvalue weighted by Crippen LogP contribution is -2.44. The summed E-state index contributed by atoms with van der Waals surface area (Å²) in [4.78, 5) is 25.5. The van der Waals surface area contributed by atoms with Crippen LogP contribution < -0.4 is 0 Å². The summed E-state index contributed by atoms with van der Waals surface area (Å²) in [7, 11) is 1.36. The van der Waals surface area contributed by atoms with E-state index in [0.29, 0.717) is 0 Å². The van der Waals surface area contributed by atoms with Crippen LogP contribution in [-0.2, 0) is 16.0 Å². The number of amides is 1. The third kappa shape index (κ3) is 4.01. The Labute approximate surface area is 179 Å². The van der Waals surface area contributed by atoms with Crippen LogP contribution in [0.1, 0.15) is 22.6 Å². The largest absolute Gasteiger partial charge is 0.480 e. The van der Waals surface area contributed by atoms with Gasteiger partial charge in [0.05, 0.1) is 0 Å². The molecule has 0 saturated carbocycles. The lowest BCUT2D eigenvalue weighted by molar-refractivity contribution is -0.142. The molecule has 1 amide bonds. The van der Waals surface area contributed by atoms with E-state index >= 15 is 0 Å². The van der Waals surface area contributed by atoms with E-state index in [-0.39, 0.29) is 24.5 Å². The van der Waals surface area contributed by atoms with Crippen LogP contribution in [0.4, 0.5) is 9.18 Å². The first kappa shape index (κ1) is 20.6. The summed E-state index contributed by atoms with van der Waals surface area (Å²) in [5, 5.41) is 9.61. The molecule has 0 bridgehead atoms. The van der Waals surface area contributed by atoms with Crippen LogP contribution in [-0.4, -0.2) is 41.8 Å². The van der Waals surface area contributed by atoms with Gasteiger partial charge in [-0.3, -0.25) is 4.90 Å². The summed E-state index contributed by atoms with van der Waals surface area (Å²) in [5.74, 6) is -1.85. The summed E-state index contributed by atoms with van der Waals surface area (Å²) >= 11 is 0. The van der Waals surface area contributed by atoms with E-state index in [9.17, 15) is 19.1 Å². The molecule has 0 heterocycles. The number of likely N-dealkylation sites (N-methyl/N-ethyl adjacent to an activating group) is 1. The molecule has 0 saturated heterocycles. The zero-order valence-electron chi connectivity index (χ0n) is 17.0. The van der Waals surface area contributed by atoms with Gasteiger partial charge in [-0.1, -0.05) is 66.7 Å². The first-order valence-electron chi connectivity index (χ1n) is 10.0. The number of halogens is 1. The number of rotatable bonds is 6. The molecule has 31 heavy (non-hydrogen) atoms. The lowest BCUT2D eigenvalue weighted by atomic mass is 9.98. The Morgan fingerprint density at radius 3 is 2.10 bits per heavy atom.